The van der Waals surface area contributed by atoms with E-state index in [9.17, 15) is 10.2 Å². The zero-order valence-electron chi connectivity index (χ0n) is 7.89. The maximum atomic E-state index is 9.88. The number of aromatic nitrogens is 2. The minimum atomic E-state index is -0.898. The van der Waals surface area contributed by atoms with Crippen molar-refractivity contribution in [3.05, 3.63) is 30.1 Å². The molecular weight excluding hydrogens is 260 g/mol. The van der Waals surface area contributed by atoms with E-state index in [0.717, 1.165) is 5.39 Å². The third-order valence-corrected chi connectivity index (χ3v) is 3.00. The molecule has 0 aliphatic rings. The molecule has 0 amide bonds. The van der Waals surface area contributed by atoms with Crippen LogP contribution < -0.4 is 0 Å². The highest BCUT2D eigenvalue weighted by molar-refractivity contribution is 9.09. The number of halogens is 1. The Morgan fingerprint density at radius 2 is 2.20 bits per heavy atom. The van der Waals surface area contributed by atoms with Crippen LogP contribution in [0.5, 0.6) is 0 Å². The van der Waals surface area contributed by atoms with Crippen molar-refractivity contribution in [2.75, 3.05) is 5.33 Å². The van der Waals surface area contributed by atoms with Crippen LogP contribution in [-0.2, 0) is 0 Å². The first-order valence-electron chi connectivity index (χ1n) is 4.58. The summed E-state index contributed by atoms with van der Waals surface area (Å²) in [5, 5.41) is 20.6. The average Bonchev–Trinajstić information content (AvgIpc) is 2.74. The summed E-state index contributed by atoms with van der Waals surface area (Å²) in [6.45, 7) is 0. The lowest BCUT2D eigenvalue weighted by Crippen LogP contribution is -2.19. The standard InChI is InChI=1S/C10H11BrN2O2/c11-5-8(14)9(15)6-1-3-12-10-7(6)2-4-13-10/h1-4,8-9,14-15H,5H2,(H,12,13). The van der Waals surface area contributed by atoms with Crippen LogP contribution >= 0.6 is 15.9 Å². The van der Waals surface area contributed by atoms with Crippen LogP contribution in [0.25, 0.3) is 11.0 Å². The van der Waals surface area contributed by atoms with Crippen molar-refractivity contribution in [3.63, 3.8) is 0 Å². The third-order valence-electron chi connectivity index (χ3n) is 2.34. The highest BCUT2D eigenvalue weighted by Crippen LogP contribution is 2.24. The van der Waals surface area contributed by atoms with Gasteiger partial charge in [-0.3, -0.25) is 0 Å². The molecular formula is C10H11BrN2O2. The van der Waals surface area contributed by atoms with Gasteiger partial charge in [-0.05, 0) is 17.7 Å². The number of H-pyrrole nitrogens is 1. The molecule has 0 aromatic carbocycles. The van der Waals surface area contributed by atoms with Gasteiger partial charge in [0.05, 0.1) is 6.10 Å². The molecule has 0 saturated heterocycles. The number of aliphatic hydroxyl groups excluding tert-OH is 2. The number of nitrogens with zero attached hydrogens (tertiary/aromatic N) is 1. The van der Waals surface area contributed by atoms with E-state index in [1.54, 1.807) is 18.5 Å². The minimum Gasteiger partial charge on any atom is -0.389 e. The summed E-state index contributed by atoms with van der Waals surface area (Å²) in [7, 11) is 0. The van der Waals surface area contributed by atoms with Gasteiger partial charge >= 0.3 is 0 Å². The number of hydrogen-bond acceptors (Lipinski definition) is 3. The normalized spacial score (nSPS) is 15.4. The summed E-state index contributed by atoms with van der Waals surface area (Å²) >= 11 is 3.13. The van der Waals surface area contributed by atoms with Crippen LogP contribution in [0.2, 0.25) is 0 Å². The van der Waals surface area contributed by atoms with E-state index in [4.69, 9.17) is 0 Å². The second kappa shape index (κ2) is 4.30. The van der Waals surface area contributed by atoms with Crippen LogP contribution in [-0.4, -0.2) is 31.6 Å². The van der Waals surface area contributed by atoms with E-state index in [1.165, 1.54) is 0 Å². The fourth-order valence-electron chi connectivity index (χ4n) is 1.53. The molecule has 4 nitrogen and oxygen atoms in total. The SMILES string of the molecule is OC(CBr)C(O)c1ccnc2[nH]ccc12. The molecule has 2 aromatic heterocycles. The molecule has 3 N–H and O–H groups in total. The molecule has 2 atom stereocenters. The molecule has 0 bridgehead atoms. The summed E-state index contributed by atoms with van der Waals surface area (Å²) < 4.78 is 0. The van der Waals surface area contributed by atoms with Crippen LogP contribution in [0.3, 0.4) is 0 Å². The summed E-state index contributed by atoms with van der Waals surface area (Å²) in [6.07, 6.45) is 1.66. The van der Waals surface area contributed by atoms with Crippen molar-refractivity contribution < 1.29 is 10.2 Å². The van der Waals surface area contributed by atoms with Gasteiger partial charge in [-0.15, -0.1) is 0 Å². The average molecular weight is 271 g/mol. The lowest BCUT2D eigenvalue weighted by Gasteiger charge is -2.16. The van der Waals surface area contributed by atoms with Gasteiger partial charge in [0, 0.05) is 23.1 Å². The van der Waals surface area contributed by atoms with Crippen LogP contribution in [0.1, 0.15) is 11.7 Å². The number of rotatable bonds is 3. The quantitative estimate of drug-likeness (QED) is 0.738. The van der Waals surface area contributed by atoms with Gasteiger partial charge in [-0.25, -0.2) is 4.98 Å². The molecule has 2 heterocycles. The number of aliphatic hydroxyl groups is 2. The topological polar surface area (TPSA) is 69.1 Å². The predicted molar refractivity (Wildman–Crippen MR) is 60.9 cm³/mol. The highest BCUT2D eigenvalue weighted by atomic mass is 79.9. The molecule has 0 saturated carbocycles. The van der Waals surface area contributed by atoms with Crippen molar-refractivity contribution in [2.45, 2.75) is 12.2 Å². The molecule has 0 radical (unpaired) electrons. The predicted octanol–water partition coefficient (Wildman–Crippen LogP) is 1.35. The van der Waals surface area contributed by atoms with Gasteiger partial charge in [-0.1, -0.05) is 15.9 Å². The maximum Gasteiger partial charge on any atom is 0.137 e. The molecule has 80 valence electrons. The van der Waals surface area contributed by atoms with Crippen LogP contribution in [0.15, 0.2) is 24.5 Å². The first-order chi connectivity index (χ1) is 7.24. The molecule has 5 heteroatoms. The summed E-state index contributed by atoms with van der Waals surface area (Å²) in [6, 6.07) is 3.55. The van der Waals surface area contributed by atoms with Crippen molar-refractivity contribution in [2.24, 2.45) is 0 Å². The molecule has 2 aromatic rings. The Labute approximate surface area is 95.1 Å². The number of hydrogen-bond donors (Lipinski definition) is 3. The first kappa shape index (κ1) is 10.6. The Morgan fingerprint density at radius 1 is 1.40 bits per heavy atom. The van der Waals surface area contributed by atoms with E-state index < -0.39 is 12.2 Å². The van der Waals surface area contributed by atoms with Gasteiger partial charge in [0.2, 0.25) is 0 Å². The van der Waals surface area contributed by atoms with E-state index in [-0.39, 0.29) is 0 Å². The van der Waals surface area contributed by atoms with Gasteiger partial charge in [-0.2, -0.15) is 0 Å². The number of pyridine rings is 1. The lowest BCUT2D eigenvalue weighted by atomic mass is 10.0. The summed E-state index contributed by atoms with van der Waals surface area (Å²) in [5.41, 5.74) is 1.40. The summed E-state index contributed by atoms with van der Waals surface area (Å²) in [4.78, 5) is 7.07. The zero-order valence-corrected chi connectivity index (χ0v) is 9.48. The molecule has 0 aliphatic heterocycles. The molecule has 2 unspecified atom stereocenters. The van der Waals surface area contributed by atoms with Gasteiger partial charge in [0.15, 0.2) is 0 Å². The van der Waals surface area contributed by atoms with Crippen molar-refractivity contribution >= 4 is 27.0 Å². The van der Waals surface area contributed by atoms with Gasteiger partial charge < -0.3 is 15.2 Å². The van der Waals surface area contributed by atoms with Crippen molar-refractivity contribution in [1.29, 1.82) is 0 Å². The van der Waals surface area contributed by atoms with Gasteiger partial charge in [0.25, 0.3) is 0 Å². The first-order valence-corrected chi connectivity index (χ1v) is 5.70. The molecule has 0 aliphatic carbocycles. The monoisotopic (exact) mass is 270 g/mol. The van der Waals surface area contributed by atoms with Crippen molar-refractivity contribution in [1.82, 2.24) is 9.97 Å². The van der Waals surface area contributed by atoms with Crippen LogP contribution in [0, 0.1) is 0 Å². The maximum absolute atomic E-state index is 9.88. The summed E-state index contributed by atoms with van der Waals surface area (Å²) in [5.74, 6) is 0. The largest absolute Gasteiger partial charge is 0.389 e. The zero-order chi connectivity index (χ0) is 10.8. The molecule has 0 fully saturated rings. The number of nitrogens with one attached hydrogen (secondary N) is 1. The Hall–Kier alpha value is -0.910. The van der Waals surface area contributed by atoms with E-state index in [2.05, 4.69) is 25.9 Å². The fourth-order valence-corrected chi connectivity index (χ4v) is 1.89. The lowest BCUT2D eigenvalue weighted by molar-refractivity contribution is 0.0352. The Balaban J connectivity index is 2.46. The second-order valence-electron chi connectivity index (χ2n) is 3.31. The number of alkyl halides is 1. The van der Waals surface area contributed by atoms with E-state index >= 15 is 0 Å². The molecule has 2 rings (SSSR count). The molecule has 0 spiro atoms. The van der Waals surface area contributed by atoms with Gasteiger partial charge in [0.1, 0.15) is 11.8 Å². The Bertz CT molecular complexity index is 457. The van der Waals surface area contributed by atoms with E-state index in [1.807, 2.05) is 6.07 Å². The Morgan fingerprint density at radius 3 is 2.93 bits per heavy atom. The van der Waals surface area contributed by atoms with Crippen LogP contribution in [0.4, 0.5) is 0 Å². The smallest absolute Gasteiger partial charge is 0.137 e. The number of fused-ring (bicyclic) bond motifs is 1. The van der Waals surface area contributed by atoms with E-state index in [0.29, 0.717) is 16.5 Å². The van der Waals surface area contributed by atoms with Crippen molar-refractivity contribution in [3.8, 4) is 0 Å². The minimum absolute atomic E-state index is 0.336. The number of aromatic amines is 1. The Kier molecular flexibility index (Phi) is 3.04. The highest BCUT2D eigenvalue weighted by Gasteiger charge is 2.19. The second-order valence-corrected chi connectivity index (χ2v) is 3.95. The molecule has 15 heavy (non-hydrogen) atoms. The fraction of sp³-hybridized carbons (Fsp3) is 0.300. The third kappa shape index (κ3) is 1.90.